The second kappa shape index (κ2) is 8.19. The number of carbonyl (C=O) groups excluding carboxylic acids is 2. The minimum Gasteiger partial charge on any atom is -0.467 e. The Morgan fingerprint density at radius 3 is 2.47 bits per heavy atom. The molecule has 0 aliphatic rings. The number of ether oxygens (including phenoxy) is 1. The molecule has 0 saturated heterocycles. The molecule has 6 heteroatoms. The maximum absolute atomic E-state index is 11.2. The topological polar surface area (TPSA) is 95.9 Å². The van der Waals surface area contributed by atoms with Crippen molar-refractivity contribution in [1.29, 1.82) is 0 Å². The van der Waals surface area contributed by atoms with E-state index in [-0.39, 0.29) is 18.9 Å². The maximum atomic E-state index is 11.2. The van der Waals surface area contributed by atoms with E-state index in [9.17, 15) is 9.59 Å². The number of hydrogen-bond donors (Lipinski definition) is 3. The molecule has 0 fully saturated rings. The summed E-state index contributed by atoms with van der Waals surface area (Å²) in [6.07, 6.45) is 1.30. The molecule has 0 aromatic heterocycles. The highest BCUT2D eigenvalue weighted by atomic mass is 16.5. The lowest BCUT2D eigenvalue weighted by atomic mass is 10.2. The van der Waals surface area contributed by atoms with Gasteiger partial charge < -0.3 is 20.3 Å². The number of amides is 1. The fourth-order valence-electron chi connectivity index (χ4n) is 0.985. The Balaban J connectivity index is 3.85. The van der Waals surface area contributed by atoms with Crippen LogP contribution in [0.5, 0.6) is 0 Å². The number of rotatable bonds is 7. The molecule has 0 aliphatic carbocycles. The third-order valence-electron chi connectivity index (χ3n) is 1.82. The van der Waals surface area contributed by atoms with Crippen LogP contribution in [0.15, 0.2) is 0 Å². The molecular weight excluding hydrogens is 202 g/mol. The summed E-state index contributed by atoms with van der Waals surface area (Å²) in [4.78, 5) is 22.2. The Hall–Kier alpha value is -1.14. The molecule has 88 valence electrons. The van der Waals surface area contributed by atoms with Gasteiger partial charge >= 0.3 is 5.97 Å². The third kappa shape index (κ3) is 6.03. The monoisotopic (exact) mass is 219 g/mol. The fourth-order valence-corrected chi connectivity index (χ4v) is 0.985. The molecule has 0 saturated carbocycles. The molecule has 15 heavy (non-hydrogen) atoms. The Kier molecular flexibility index (Phi) is 7.57. The first kappa shape index (κ1) is 13.9. The SMILES string of the molecule is COC(=O)C(CO)NC(=O)CCCCO. The zero-order valence-electron chi connectivity index (χ0n) is 8.73. The van der Waals surface area contributed by atoms with E-state index < -0.39 is 18.6 Å². The van der Waals surface area contributed by atoms with E-state index in [0.29, 0.717) is 12.8 Å². The van der Waals surface area contributed by atoms with E-state index in [4.69, 9.17) is 10.2 Å². The zero-order chi connectivity index (χ0) is 11.7. The van der Waals surface area contributed by atoms with Gasteiger partial charge in [0, 0.05) is 13.0 Å². The summed E-state index contributed by atoms with van der Waals surface area (Å²) in [5, 5.41) is 19.6. The first-order valence-electron chi connectivity index (χ1n) is 4.74. The van der Waals surface area contributed by atoms with Crippen LogP contribution < -0.4 is 5.32 Å². The Morgan fingerprint density at radius 1 is 1.33 bits per heavy atom. The smallest absolute Gasteiger partial charge is 0.330 e. The van der Waals surface area contributed by atoms with Crippen LogP contribution >= 0.6 is 0 Å². The molecule has 1 atom stereocenters. The summed E-state index contributed by atoms with van der Waals surface area (Å²) < 4.78 is 4.38. The summed E-state index contributed by atoms with van der Waals surface area (Å²) in [6.45, 7) is -0.452. The van der Waals surface area contributed by atoms with E-state index in [1.165, 1.54) is 7.11 Å². The van der Waals surface area contributed by atoms with Crippen molar-refractivity contribution in [3.63, 3.8) is 0 Å². The molecule has 3 N–H and O–H groups in total. The molecule has 0 aromatic rings. The van der Waals surface area contributed by atoms with Crippen molar-refractivity contribution in [3.05, 3.63) is 0 Å². The van der Waals surface area contributed by atoms with Crippen molar-refractivity contribution >= 4 is 11.9 Å². The molecule has 0 bridgehead atoms. The minimum absolute atomic E-state index is 0.0354. The largest absolute Gasteiger partial charge is 0.467 e. The second-order valence-corrected chi connectivity index (χ2v) is 3.01. The molecule has 0 spiro atoms. The minimum atomic E-state index is -1.00. The summed E-state index contributed by atoms with van der Waals surface area (Å²) >= 11 is 0. The Bertz CT molecular complexity index is 207. The predicted octanol–water partition coefficient (Wildman–Crippen LogP) is -1.20. The van der Waals surface area contributed by atoms with E-state index in [0.717, 1.165) is 0 Å². The van der Waals surface area contributed by atoms with Crippen molar-refractivity contribution in [2.24, 2.45) is 0 Å². The van der Waals surface area contributed by atoms with Gasteiger partial charge in [-0.3, -0.25) is 4.79 Å². The van der Waals surface area contributed by atoms with Crippen molar-refractivity contribution in [2.45, 2.75) is 25.3 Å². The molecule has 0 aliphatic heterocycles. The zero-order valence-corrected chi connectivity index (χ0v) is 8.73. The van der Waals surface area contributed by atoms with Crippen LogP contribution in [0.3, 0.4) is 0 Å². The van der Waals surface area contributed by atoms with Crippen LogP contribution in [0.4, 0.5) is 0 Å². The molecular formula is C9H17NO5. The van der Waals surface area contributed by atoms with E-state index in [1.54, 1.807) is 0 Å². The second-order valence-electron chi connectivity index (χ2n) is 3.01. The first-order chi connectivity index (χ1) is 7.15. The maximum Gasteiger partial charge on any atom is 0.330 e. The standard InChI is InChI=1S/C9H17NO5/c1-15-9(14)7(6-12)10-8(13)4-2-3-5-11/h7,11-12H,2-6H2,1H3,(H,10,13). The number of methoxy groups -OCH3 is 1. The van der Waals surface area contributed by atoms with Gasteiger partial charge in [0.2, 0.25) is 5.91 Å². The van der Waals surface area contributed by atoms with Crippen molar-refractivity contribution in [2.75, 3.05) is 20.3 Å². The first-order valence-corrected chi connectivity index (χ1v) is 4.74. The number of hydrogen-bond acceptors (Lipinski definition) is 5. The highest BCUT2D eigenvalue weighted by Gasteiger charge is 2.19. The van der Waals surface area contributed by atoms with Gasteiger partial charge in [0.15, 0.2) is 6.04 Å². The van der Waals surface area contributed by atoms with Crippen LogP contribution in [0.25, 0.3) is 0 Å². The molecule has 1 unspecified atom stereocenters. The predicted molar refractivity (Wildman–Crippen MR) is 52.0 cm³/mol. The number of esters is 1. The summed E-state index contributed by atoms with van der Waals surface area (Å²) in [6, 6.07) is -1.00. The number of unbranched alkanes of at least 4 members (excludes halogenated alkanes) is 1. The average Bonchev–Trinajstić information content (AvgIpc) is 2.25. The summed E-state index contributed by atoms with van der Waals surface area (Å²) in [7, 11) is 1.18. The van der Waals surface area contributed by atoms with E-state index >= 15 is 0 Å². The fraction of sp³-hybridized carbons (Fsp3) is 0.778. The molecule has 0 aromatic carbocycles. The lowest BCUT2D eigenvalue weighted by Gasteiger charge is -2.13. The van der Waals surface area contributed by atoms with E-state index in [1.807, 2.05) is 0 Å². The number of aliphatic hydroxyl groups is 2. The highest BCUT2D eigenvalue weighted by molar-refractivity contribution is 5.84. The highest BCUT2D eigenvalue weighted by Crippen LogP contribution is 1.95. The molecule has 0 radical (unpaired) electrons. The van der Waals surface area contributed by atoms with Gasteiger partial charge in [0.25, 0.3) is 0 Å². The lowest BCUT2D eigenvalue weighted by molar-refractivity contribution is -0.146. The van der Waals surface area contributed by atoms with Gasteiger partial charge in [-0.2, -0.15) is 0 Å². The molecule has 0 rings (SSSR count). The number of aliphatic hydroxyl groups excluding tert-OH is 2. The van der Waals surface area contributed by atoms with E-state index in [2.05, 4.69) is 10.1 Å². The van der Waals surface area contributed by atoms with Crippen molar-refractivity contribution in [1.82, 2.24) is 5.32 Å². The third-order valence-corrected chi connectivity index (χ3v) is 1.82. The van der Waals surface area contributed by atoms with Crippen LogP contribution in [-0.2, 0) is 14.3 Å². The van der Waals surface area contributed by atoms with Gasteiger partial charge in [0.1, 0.15) is 0 Å². The van der Waals surface area contributed by atoms with Gasteiger partial charge in [-0.25, -0.2) is 4.79 Å². The van der Waals surface area contributed by atoms with Gasteiger partial charge in [-0.1, -0.05) is 0 Å². The van der Waals surface area contributed by atoms with Crippen molar-refractivity contribution in [3.8, 4) is 0 Å². The summed E-state index contributed by atoms with van der Waals surface area (Å²) in [5.41, 5.74) is 0. The van der Waals surface area contributed by atoms with Crippen LogP contribution in [0.1, 0.15) is 19.3 Å². The summed E-state index contributed by atoms with van der Waals surface area (Å²) in [5.74, 6) is -1.01. The Morgan fingerprint density at radius 2 is 2.00 bits per heavy atom. The normalized spacial score (nSPS) is 11.9. The number of nitrogens with one attached hydrogen (secondary N) is 1. The van der Waals surface area contributed by atoms with Crippen LogP contribution in [0, 0.1) is 0 Å². The van der Waals surface area contributed by atoms with Gasteiger partial charge in [-0.05, 0) is 12.8 Å². The van der Waals surface area contributed by atoms with Crippen LogP contribution in [0.2, 0.25) is 0 Å². The quantitative estimate of drug-likeness (QED) is 0.369. The molecule has 1 amide bonds. The molecule has 6 nitrogen and oxygen atoms in total. The van der Waals surface area contributed by atoms with Gasteiger partial charge in [-0.15, -0.1) is 0 Å². The average molecular weight is 219 g/mol. The lowest BCUT2D eigenvalue weighted by Crippen LogP contribution is -2.43. The van der Waals surface area contributed by atoms with Crippen molar-refractivity contribution < 1.29 is 24.5 Å². The van der Waals surface area contributed by atoms with Crippen LogP contribution in [-0.4, -0.2) is 48.5 Å². The number of carbonyl (C=O) groups is 2. The Labute approximate surface area is 88.2 Å². The molecule has 0 heterocycles. The van der Waals surface area contributed by atoms with Gasteiger partial charge in [0.05, 0.1) is 13.7 Å².